The summed E-state index contributed by atoms with van der Waals surface area (Å²) in [7, 11) is 1.61. The predicted molar refractivity (Wildman–Crippen MR) is 98.6 cm³/mol. The maximum absolute atomic E-state index is 11.8. The number of aliphatic hydroxyl groups is 1. The Morgan fingerprint density at radius 1 is 1.35 bits per heavy atom. The van der Waals surface area contributed by atoms with Crippen LogP contribution >= 0.6 is 0 Å². The number of carbonyl (C=O) groups is 1. The van der Waals surface area contributed by atoms with Gasteiger partial charge in [0, 0.05) is 12.6 Å². The summed E-state index contributed by atoms with van der Waals surface area (Å²) in [5.74, 6) is 0.197. The van der Waals surface area contributed by atoms with Crippen molar-refractivity contribution in [3.8, 4) is 0 Å². The Balaban J connectivity index is 1.84. The Labute approximate surface area is 151 Å². The molecule has 8 nitrogen and oxygen atoms in total. The van der Waals surface area contributed by atoms with Gasteiger partial charge in [-0.2, -0.15) is 0 Å². The van der Waals surface area contributed by atoms with Crippen molar-refractivity contribution in [1.82, 2.24) is 24.8 Å². The monoisotopic (exact) mass is 354 g/mol. The SMILES string of the molecule is CNC(=O)c1cccc(CC[C@H]([C@H](C)O)n2cnc3c(N)ncnc32)c1. The van der Waals surface area contributed by atoms with E-state index in [1.165, 1.54) is 6.33 Å². The number of carbonyl (C=O) groups excluding carboxylic acids is 1. The Hall–Kier alpha value is -3.00. The second kappa shape index (κ2) is 7.49. The van der Waals surface area contributed by atoms with Gasteiger partial charge in [0.15, 0.2) is 11.5 Å². The van der Waals surface area contributed by atoms with Crippen molar-refractivity contribution < 1.29 is 9.90 Å². The van der Waals surface area contributed by atoms with E-state index < -0.39 is 6.10 Å². The molecule has 1 aromatic carbocycles. The zero-order valence-electron chi connectivity index (χ0n) is 14.8. The number of rotatable bonds is 6. The fraction of sp³-hybridized carbons (Fsp3) is 0.333. The minimum Gasteiger partial charge on any atom is -0.391 e. The van der Waals surface area contributed by atoms with Crippen LogP contribution in [0.5, 0.6) is 0 Å². The van der Waals surface area contributed by atoms with E-state index in [1.807, 2.05) is 22.8 Å². The Bertz CT molecular complexity index is 921. The van der Waals surface area contributed by atoms with E-state index in [-0.39, 0.29) is 11.9 Å². The van der Waals surface area contributed by atoms with Crippen LogP contribution in [0.4, 0.5) is 5.82 Å². The molecule has 2 heterocycles. The molecule has 0 aliphatic rings. The highest BCUT2D eigenvalue weighted by Crippen LogP contribution is 2.25. The summed E-state index contributed by atoms with van der Waals surface area (Å²) in [5, 5.41) is 12.9. The third-order valence-electron chi connectivity index (χ3n) is 4.45. The van der Waals surface area contributed by atoms with Crippen LogP contribution in [-0.2, 0) is 6.42 Å². The third kappa shape index (κ3) is 3.50. The number of hydrogen-bond acceptors (Lipinski definition) is 6. The first-order valence-electron chi connectivity index (χ1n) is 8.43. The van der Waals surface area contributed by atoms with Crippen LogP contribution in [0, 0.1) is 0 Å². The molecular formula is C18H22N6O2. The van der Waals surface area contributed by atoms with Crippen molar-refractivity contribution in [2.24, 2.45) is 0 Å². The highest BCUT2D eigenvalue weighted by atomic mass is 16.3. The summed E-state index contributed by atoms with van der Waals surface area (Å²) in [6.07, 6.45) is 3.77. The second-order valence-electron chi connectivity index (χ2n) is 6.21. The second-order valence-corrected chi connectivity index (χ2v) is 6.21. The normalized spacial score (nSPS) is 13.5. The van der Waals surface area contributed by atoms with Crippen LogP contribution in [0.1, 0.15) is 35.3 Å². The van der Waals surface area contributed by atoms with Crippen molar-refractivity contribution in [3.05, 3.63) is 48.0 Å². The number of nitrogens with one attached hydrogen (secondary N) is 1. The molecular weight excluding hydrogens is 332 g/mol. The molecule has 0 aliphatic carbocycles. The van der Waals surface area contributed by atoms with Crippen molar-refractivity contribution in [2.45, 2.75) is 31.9 Å². The summed E-state index contributed by atoms with van der Waals surface area (Å²) in [4.78, 5) is 24.3. The minimum atomic E-state index is -0.606. The molecule has 0 unspecified atom stereocenters. The number of amides is 1. The molecule has 0 saturated heterocycles. The van der Waals surface area contributed by atoms with Gasteiger partial charge in [0.05, 0.1) is 18.5 Å². The molecule has 3 rings (SSSR count). The van der Waals surface area contributed by atoms with Crippen LogP contribution in [-0.4, -0.2) is 43.7 Å². The van der Waals surface area contributed by atoms with E-state index in [2.05, 4.69) is 20.3 Å². The first kappa shape index (κ1) is 17.8. The van der Waals surface area contributed by atoms with Gasteiger partial charge >= 0.3 is 0 Å². The molecule has 0 radical (unpaired) electrons. The first-order valence-corrected chi connectivity index (χ1v) is 8.43. The number of nitrogens with zero attached hydrogens (tertiary/aromatic N) is 4. The summed E-state index contributed by atoms with van der Waals surface area (Å²) < 4.78 is 1.83. The molecule has 8 heteroatoms. The van der Waals surface area contributed by atoms with E-state index >= 15 is 0 Å². The van der Waals surface area contributed by atoms with Crippen molar-refractivity contribution >= 4 is 22.9 Å². The van der Waals surface area contributed by atoms with Crippen LogP contribution in [0.25, 0.3) is 11.2 Å². The molecule has 0 aliphatic heterocycles. The van der Waals surface area contributed by atoms with Gasteiger partial charge in [-0.15, -0.1) is 0 Å². The molecule has 0 fully saturated rings. The fourth-order valence-electron chi connectivity index (χ4n) is 3.05. The van der Waals surface area contributed by atoms with Crippen LogP contribution < -0.4 is 11.1 Å². The number of aliphatic hydroxyl groups excluding tert-OH is 1. The standard InChI is InChI=1S/C18H22N6O2/c1-11(25)14(24-10-23-15-16(19)21-9-22-17(15)24)7-6-12-4-3-5-13(8-12)18(26)20-2/h3-5,8-11,14,25H,6-7H2,1-2H3,(H,20,26)(H2,19,21,22)/t11-,14+/m0/s1. The van der Waals surface area contributed by atoms with E-state index in [4.69, 9.17) is 5.73 Å². The number of aryl methyl sites for hydroxylation is 1. The number of anilines is 1. The van der Waals surface area contributed by atoms with Crippen molar-refractivity contribution in [3.63, 3.8) is 0 Å². The van der Waals surface area contributed by atoms with E-state index in [0.717, 1.165) is 5.56 Å². The number of nitrogens with two attached hydrogens (primary N) is 1. The highest BCUT2D eigenvalue weighted by molar-refractivity contribution is 5.94. The zero-order chi connectivity index (χ0) is 18.7. The summed E-state index contributed by atoms with van der Waals surface area (Å²) in [6, 6.07) is 7.25. The molecule has 1 amide bonds. The number of aromatic nitrogens is 4. The smallest absolute Gasteiger partial charge is 0.251 e. The molecule has 3 aromatic rings. The Morgan fingerprint density at radius 3 is 2.88 bits per heavy atom. The van der Waals surface area contributed by atoms with Crippen LogP contribution in [0.2, 0.25) is 0 Å². The first-order chi connectivity index (χ1) is 12.5. The van der Waals surface area contributed by atoms with Gasteiger partial charge in [0.1, 0.15) is 11.8 Å². The summed E-state index contributed by atoms with van der Waals surface area (Å²) in [5.41, 5.74) is 8.61. The lowest BCUT2D eigenvalue weighted by Crippen LogP contribution is -2.22. The number of hydrogen-bond donors (Lipinski definition) is 3. The summed E-state index contributed by atoms with van der Waals surface area (Å²) >= 11 is 0. The molecule has 26 heavy (non-hydrogen) atoms. The Morgan fingerprint density at radius 2 is 2.15 bits per heavy atom. The molecule has 0 spiro atoms. The lowest BCUT2D eigenvalue weighted by atomic mass is 10.00. The maximum Gasteiger partial charge on any atom is 0.251 e. The molecule has 136 valence electrons. The van der Waals surface area contributed by atoms with Gasteiger partial charge in [0.25, 0.3) is 5.91 Å². The molecule has 0 saturated carbocycles. The minimum absolute atomic E-state index is 0.119. The van der Waals surface area contributed by atoms with Crippen molar-refractivity contribution in [2.75, 3.05) is 12.8 Å². The quantitative estimate of drug-likeness (QED) is 0.614. The number of imidazole rings is 1. The maximum atomic E-state index is 11.8. The zero-order valence-corrected chi connectivity index (χ0v) is 14.8. The van der Waals surface area contributed by atoms with E-state index in [1.54, 1.807) is 26.4 Å². The number of fused-ring (bicyclic) bond motifs is 1. The van der Waals surface area contributed by atoms with Gasteiger partial charge in [-0.25, -0.2) is 15.0 Å². The highest BCUT2D eigenvalue weighted by Gasteiger charge is 2.21. The summed E-state index contributed by atoms with van der Waals surface area (Å²) in [6.45, 7) is 1.74. The fourth-order valence-corrected chi connectivity index (χ4v) is 3.05. The molecule has 4 N–H and O–H groups in total. The lowest BCUT2D eigenvalue weighted by Gasteiger charge is -2.22. The van der Waals surface area contributed by atoms with Crippen LogP contribution in [0.3, 0.4) is 0 Å². The van der Waals surface area contributed by atoms with E-state index in [0.29, 0.717) is 35.4 Å². The topological polar surface area (TPSA) is 119 Å². The van der Waals surface area contributed by atoms with Gasteiger partial charge in [-0.1, -0.05) is 12.1 Å². The third-order valence-corrected chi connectivity index (χ3v) is 4.45. The predicted octanol–water partition coefficient (Wildman–Crippen LogP) is 1.32. The average Bonchev–Trinajstić information content (AvgIpc) is 3.06. The number of nitrogen functional groups attached to an aromatic ring is 1. The molecule has 2 atom stereocenters. The Kier molecular flexibility index (Phi) is 5.13. The van der Waals surface area contributed by atoms with Crippen LogP contribution in [0.15, 0.2) is 36.9 Å². The van der Waals surface area contributed by atoms with Crippen molar-refractivity contribution in [1.29, 1.82) is 0 Å². The average molecular weight is 354 g/mol. The van der Waals surface area contributed by atoms with Gasteiger partial charge in [-0.3, -0.25) is 4.79 Å². The molecule has 2 aromatic heterocycles. The van der Waals surface area contributed by atoms with Gasteiger partial charge < -0.3 is 20.7 Å². The largest absolute Gasteiger partial charge is 0.391 e. The van der Waals surface area contributed by atoms with E-state index in [9.17, 15) is 9.90 Å². The molecule has 0 bridgehead atoms. The number of benzene rings is 1. The lowest BCUT2D eigenvalue weighted by molar-refractivity contribution is 0.0962. The van der Waals surface area contributed by atoms with Gasteiger partial charge in [0.2, 0.25) is 0 Å². The van der Waals surface area contributed by atoms with Gasteiger partial charge in [-0.05, 0) is 37.5 Å².